The van der Waals surface area contributed by atoms with Gasteiger partial charge in [-0.25, -0.2) is 4.98 Å². The van der Waals surface area contributed by atoms with Crippen LogP contribution in [0.15, 0.2) is 54.6 Å². The van der Waals surface area contributed by atoms with Gasteiger partial charge in [0.1, 0.15) is 5.82 Å². The molecule has 1 atom stereocenters. The minimum absolute atomic E-state index is 0. The van der Waals surface area contributed by atoms with Crippen molar-refractivity contribution in [3.63, 3.8) is 0 Å². The molecule has 4 heteroatoms. The first-order valence-electron chi connectivity index (χ1n) is 9.08. The van der Waals surface area contributed by atoms with Crippen molar-refractivity contribution in [3.8, 4) is 17.1 Å². The number of hydrogen-bond donors (Lipinski definition) is 0. The van der Waals surface area contributed by atoms with Crippen LogP contribution in [0.25, 0.3) is 22.4 Å². The van der Waals surface area contributed by atoms with Crippen molar-refractivity contribution >= 4 is 0 Å². The SMILES string of the molecule is Cc1ccc(C)n1-c1cccc(-c2ccc(C3CCC[N-]C3)cc2)n1.[Y]. The van der Waals surface area contributed by atoms with Crippen molar-refractivity contribution in [2.75, 3.05) is 13.1 Å². The normalized spacial score (nSPS) is 16.9. The van der Waals surface area contributed by atoms with E-state index in [0.717, 1.165) is 24.6 Å². The van der Waals surface area contributed by atoms with E-state index in [1.54, 1.807) is 0 Å². The van der Waals surface area contributed by atoms with E-state index in [1.165, 1.54) is 35.4 Å². The van der Waals surface area contributed by atoms with Gasteiger partial charge in [-0.05, 0) is 56.0 Å². The van der Waals surface area contributed by atoms with Crippen LogP contribution in [0.5, 0.6) is 0 Å². The van der Waals surface area contributed by atoms with E-state index in [9.17, 15) is 0 Å². The van der Waals surface area contributed by atoms with Crippen LogP contribution in [0, 0.1) is 13.8 Å². The van der Waals surface area contributed by atoms with Crippen molar-refractivity contribution in [1.29, 1.82) is 0 Å². The van der Waals surface area contributed by atoms with Crippen LogP contribution in [0.3, 0.4) is 0 Å². The summed E-state index contributed by atoms with van der Waals surface area (Å²) >= 11 is 0. The van der Waals surface area contributed by atoms with E-state index in [0.29, 0.717) is 5.92 Å². The molecule has 0 N–H and O–H groups in total. The topological polar surface area (TPSA) is 31.9 Å². The molecule has 1 unspecified atom stereocenters. The van der Waals surface area contributed by atoms with Crippen molar-refractivity contribution < 1.29 is 32.7 Å². The molecule has 1 fully saturated rings. The minimum Gasteiger partial charge on any atom is -0.662 e. The number of aryl methyl sites for hydroxylation is 2. The average Bonchev–Trinajstić information content (AvgIpc) is 3.01. The number of rotatable bonds is 3. The molecule has 26 heavy (non-hydrogen) atoms. The third kappa shape index (κ3) is 4.00. The Hall–Kier alpha value is -1.29. The summed E-state index contributed by atoms with van der Waals surface area (Å²) in [6, 6.07) is 19.4. The van der Waals surface area contributed by atoms with Crippen LogP contribution >= 0.6 is 0 Å². The average molecular weight is 419 g/mol. The third-order valence-corrected chi connectivity index (χ3v) is 5.13. The molecule has 1 aromatic carbocycles. The number of hydrogen-bond acceptors (Lipinski definition) is 1. The van der Waals surface area contributed by atoms with Gasteiger partial charge in [0.05, 0.1) is 5.69 Å². The Labute approximate surface area is 181 Å². The second-order valence-corrected chi connectivity index (χ2v) is 6.92. The van der Waals surface area contributed by atoms with E-state index < -0.39 is 0 Å². The fourth-order valence-electron chi connectivity index (χ4n) is 3.72. The molecule has 1 aliphatic heterocycles. The van der Waals surface area contributed by atoms with Crippen molar-refractivity contribution in [3.05, 3.63) is 76.9 Å². The maximum atomic E-state index is 4.89. The molecule has 0 spiro atoms. The van der Waals surface area contributed by atoms with Gasteiger partial charge in [-0.1, -0.05) is 36.8 Å². The number of aromatic nitrogens is 2. The number of pyridine rings is 1. The van der Waals surface area contributed by atoms with Crippen molar-refractivity contribution in [1.82, 2.24) is 9.55 Å². The molecule has 3 aromatic rings. The fraction of sp³-hybridized carbons (Fsp3) is 0.318. The summed E-state index contributed by atoms with van der Waals surface area (Å²) in [4.78, 5) is 4.89. The molecular weight excluding hydrogens is 395 g/mol. The van der Waals surface area contributed by atoms with Crippen LogP contribution < -0.4 is 0 Å². The molecule has 3 nitrogen and oxygen atoms in total. The smallest absolute Gasteiger partial charge is 0.137 e. The van der Waals surface area contributed by atoms with Crippen LogP contribution in [0.1, 0.15) is 35.7 Å². The van der Waals surface area contributed by atoms with Gasteiger partial charge in [-0.3, -0.25) is 0 Å². The predicted octanol–water partition coefficient (Wildman–Crippen LogP) is 5.40. The summed E-state index contributed by atoms with van der Waals surface area (Å²) in [6.45, 7) is 6.24. The molecule has 4 rings (SSSR count). The Bertz CT molecular complexity index is 842. The van der Waals surface area contributed by atoms with Crippen molar-refractivity contribution in [2.45, 2.75) is 32.6 Å². The molecule has 0 bridgehead atoms. The molecule has 0 aliphatic carbocycles. The van der Waals surface area contributed by atoms with Crippen molar-refractivity contribution in [2.24, 2.45) is 0 Å². The summed E-state index contributed by atoms with van der Waals surface area (Å²) < 4.78 is 2.20. The summed E-state index contributed by atoms with van der Waals surface area (Å²) in [5.41, 5.74) is 6.00. The second kappa shape index (κ2) is 8.60. The summed E-state index contributed by atoms with van der Waals surface area (Å²) in [5, 5.41) is 4.56. The molecule has 131 valence electrons. The first-order chi connectivity index (χ1) is 12.2. The molecule has 1 saturated heterocycles. The molecule has 1 radical (unpaired) electrons. The van der Waals surface area contributed by atoms with E-state index in [2.05, 4.69) is 78.3 Å². The zero-order valence-electron chi connectivity index (χ0n) is 15.5. The van der Waals surface area contributed by atoms with E-state index in [4.69, 9.17) is 4.98 Å². The Morgan fingerprint density at radius 3 is 2.35 bits per heavy atom. The zero-order chi connectivity index (χ0) is 17.2. The van der Waals surface area contributed by atoms with Crippen LogP contribution in [-0.2, 0) is 32.7 Å². The largest absolute Gasteiger partial charge is 0.662 e. The van der Waals surface area contributed by atoms with Gasteiger partial charge in [-0.2, -0.15) is 0 Å². The van der Waals surface area contributed by atoms with E-state index in [1.807, 2.05) is 0 Å². The van der Waals surface area contributed by atoms with E-state index >= 15 is 0 Å². The maximum Gasteiger partial charge on any atom is 0.137 e. The molecule has 1 aliphatic rings. The van der Waals surface area contributed by atoms with Gasteiger partial charge in [0.2, 0.25) is 0 Å². The Kier molecular flexibility index (Phi) is 6.44. The standard InChI is InChI=1S/C22H24N3.Y/c1-16-8-9-17(2)25(16)22-7-3-6-21(24-22)19-12-10-18(11-13-19)20-5-4-14-23-15-20;/h3,6-13,20H,4-5,14-15H2,1-2H3;/q-1;. The summed E-state index contributed by atoms with van der Waals surface area (Å²) in [5.74, 6) is 1.57. The van der Waals surface area contributed by atoms with Gasteiger partial charge in [0.25, 0.3) is 0 Å². The molecular formula is C22H24N3Y-. The first kappa shape index (κ1) is 19.5. The zero-order valence-corrected chi connectivity index (χ0v) is 18.4. The number of nitrogens with zero attached hydrogens (tertiary/aromatic N) is 3. The van der Waals surface area contributed by atoms with Gasteiger partial charge < -0.3 is 9.88 Å². The van der Waals surface area contributed by atoms with Crippen LogP contribution in [0.4, 0.5) is 0 Å². The molecule has 0 amide bonds. The Balaban J connectivity index is 0.00000196. The van der Waals surface area contributed by atoms with Crippen LogP contribution in [0.2, 0.25) is 0 Å². The van der Waals surface area contributed by atoms with Gasteiger partial charge in [0, 0.05) is 49.7 Å². The van der Waals surface area contributed by atoms with Crippen LogP contribution in [-0.4, -0.2) is 22.6 Å². The second-order valence-electron chi connectivity index (χ2n) is 6.92. The molecule has 3 heterocycles. The minimum atomic E-state index is 0. The van der Waals surface area contributed by atoms with Gasteiger partial charge in [0.15, 0.2) is 0 Å². The number of benzene rings is 1. The van der Waals surface area contributed by atoms with E-state index in [-0.39, 0.29) is 32.7 Å². The Morgan fingerprint density at radius 1 is 0.962 bits per heavy atom. The maximum absolute atomic E-state index is 4.89. The third-order valence-electron chi connectivity index (χ3n) is 5.13. The summed E-state index contributed by atoms with van der Waals surface area (Å²) in [7, 11) is 0. The summed E-state index contributed by atoms with van der Waals surface area (Å²) in [6.07, 6.45) is 2.47. The monoisotopic (exact) mass is 419 g/mol. The van der Waals surface area contributed by atoms with Gasteiger partial charge in [-0.15, -0.1) is 13.1 Å². The van der Waals surface area contributed by atoms with Gasteiger partial charge >= 0.3 is 0 Å². The molecule has 0 saturated carbocycles. The quantitative estimate of drug-likeness (QED) is 0.559. The molecule has 2 aromatic heterocycles. The predicted molar refractivity (Wildman–Crippen MR) is 104 cm³/mol. The number of piperidine rings is 1. The first-order valence-corrected chi connectivity index (χ1v) is 9.08. The Morgan fingerprint density at radius 2 is 1.69 bits per heavy atom. The fourth-order valence-corrected chi connectivity index (χ4v) is 3.72.